The van der Waals surface area contributed by atoms with E-state index in [0.29, 0.717) is 11.4 Å². The van der Waals surface area contributed by atoms with Crippen LogP contribution in [0.3, 0.4) is 0 Å². The quantitative estimate of drug-likeness (QED) is 0.439. The summed E-state index contributed by atoms with van der Waals surface area (Å²) < 4.78 is 36.3. The van der Waals surface area contributed by atoms with Crippen molar-refractivity contribution in [1.29, 1.82) is 5.39 Å². The lowest BCUT2D eigenvalue weighted by Crippen LogP contribution is -2.37. The molecule has 0 amide bonds. The minimum absolute atomic E-state index is 0.372. The largest absolute Gasteiger partial charge is 0.542 e. The molecule has 0 fully saturated rings. The van der Waals surface area contributed by atoms with Gasteiger partial charge in [-0.25, -0.2) is 0 Å². The molecule has 102 valence electrons. The van der Waals surface area contributed by atoms with E-state index in [4.69, 9.17) is 20.0 Å². The number of diazo groups is 1. The van der Waals surface area contributed by atoms with Gasteiger partial charge in [0, 0.05) is 19.1 Å². The fraction of sp³-hybridized carbons (Fsp3) is 0.200. The van der Waals surface area contributed by atoms with Crippen molar-refractivity contribution in [2.45, 2.75) is 13.1 Å². The summed E-state index contributed by atoms with van der Waals surface area (Å²) in [5, 5.41) is 17.1. The number of carboxylic acids is 1. The number of carboxylic acid groups (broad SMARTS) is 1. The molecular weight excluding hydrogens is 269 g/mol. The standard InChI is InChI=1S/C8H7N2O2.C2HF3O2/c1-6(11)12-8-4-2-7(10-9)3-5-8;3-2(4,5)1(6)7/h2-5H,1H3;(H,6,7)/q+1;/p-1. The molecule has 0 saturated carbocycles. The van der Waals surface area contributed by atoms with Gasteiger partial charge in [-0.2, -0.15) is 13.2 Å². The fourth-order valence-corrected chi connectivity index (χ4v) is 0.747. The summed E-state index contributed by atoms with van der Waals surface area (Å²) in [6.07, 6.45) is -5.19. The van der Waals surface area contributed by atoms with Gasteiger partial charge in [0.1, 0.15) is 11.7 Å². The number of hydrogen-bond acceptors (Lipinski definition) is 5. The third-order valence-electron chi connectivity index (χ3n) is 1.45. The molecule has 1 rings (SSSR count). The van der Waals surface area contributed by atoms with E-state index >= 15 is 0 Å². The van der Waals surface area contributed by atoms with Gasteiger partial charge in [0.25, 0.3) is 0 Å². The van der Waals surface area contributed by atoms with Crippen LogP contribution in [0.2, 0.25) is 0 Å². The molecular formula is C10H7F3N2O4. The number of ether oxygens (including phenoxy) is 1. The highest BCUT2D eigenvalue weighted by Crippen LogP contribution is 2.17. The molecule has 0 aliphatic rings. The van der Waals surface area contributed by atoms with E-state index in [9.17, 15) is 18.0 Å². The first-order valence-electron chi connectivity index (χ1n) is 4.58. The van der Waals surface area contributed by atoms with Gasteiger partial charge in [-0.15, -0.1) is 0 Å². The Kier molecular flexibility index (Phi) is 5.99. The van der Waals surface area contributed by atoms with Gasteiger partial charge in [-0.1, -0.05) is 0 Å². The molecule has 0 spiro atoms. The second-order valence-electron chi connectivity index (χ2n) is 2.97. The van der Waals surface area contributed by atoms with Crippen molar-refractivity contribution in [2.24, 2.45) is 0 Å². The monoisotopic (exact) mass is 276 g/mol. The smallest absolute Gasteiger partial charge is 0.430 e. The van der Waals surface area contributed by atoms with E-state index in [1.807, 2.05) is 0 Å². The Bertz CT molecular complexity index is 491. The summed E-state index contributed by atoms with van der Waals surface area (Å²) in [5.74, 6) is -2.94. The van der Waals surface area contributed by atoms with E-state index in [1.54, 1.807) is 12.1 Å². The van der Waals surface area contributed by atoms with Crippen LogP contribution in [0.1, 0.15) is 6.92 Å². The predicted molar refractivity (Wildman–Crippen MR) is 53.6 cm³/mol. The van der Waals surface area contributed by atoms with Crippen molar-refractivity contribution in [1.82, 2.24) is 0 Å². The minimum atomic E-state index is -5.19. The first-order chi connectivity index (χ1) is 8.66. The molecule has 0 atom stereocenters. The molecule has 0 heterocycles. The summed E-state index contributed by atoms with van der Waals surface area (Å²) in [5.41, 5.74) is 0.422. The van der Waals surface area contributed by atoms with Crippen LogP contribution in [0.15, 0.2) is 24.3 Å². The zero-order valence-electron chi connectivity index (χ0n) is 9.47. The molecule has 1 aromatic rings. The predicted octanol–water partition coefficient (Wildman–Crippen LogP) is 1.40. The summed E-state index contributed by atoms with van der Waals surface area (Å²) >= 11 is 0. The molecule has 6 nitrogen and oxygen atoms in total. The van der Waals surface area contributed by atoms with Crippen molar-refractivity contribution in [2.75, 3.05) is 0 Å². The second-order valence-corrected chi connectivity index (χ2v) is 2.97. The number of carbonyl (C=O) groups excluding carboxylic acids is 2. The van der Waals surface area contributed by atoms with Crippen molar-refractivity contribution < 1.29 is 32.6 Å². The Morgan fingerprint density at radius 3 is 1.95 bits per heavy atom. The number of hydrogen-bond donors (Lipinski definition) is 0. The van der Waals surface area contributed by atoms with Gasteiger partial charge >= 0.3 is 17.8 Å². The number of benzene rings is 1. The lowest BCUT2D eigenvalue weighted by atomic mass is 10.3. The van der Waals surface area contributed by atoms with Gasteiger partial charge in [0.2, 0.25) is 5.39 Å². The lowest BCUT2D eigenvalue weighted by Gasteiger charge is -2.03. The van der Waals surface area contributed by atoms with Gasteiger partial charge < -0.3 is 14.6 Å². The molecule has 0 aliphatic carbocycles. The Morgan fingerprint density at radius 2 is 1.68 bits per heavy atom. The summed E-state index contributed by atoms with van der Waals surface area (Å²) in [4.78, 5) is 22.2. The number of esters is 1. The Hall–Kier alpha value is -2.63. The van der Waals surface area contributed by atoms with E-state index < -0.39 is 12.1 Å². The number of carbonyl (C=O) groups is 2. The maximum absolute atomic E-state index is 10.5. The highest BCUT2D eigenvalue weighted by atomic mass is 19.4. The maximum atomic E-state index is 10.5. The molecule has 19 heavy (non-hydrogen) atoms. The Labute approximate surface area is 105 Å². The summed E-state index contributed by atoms with van der Waals surface area (Å²) in [6.45, 7) is 1.32. The molecule has 1 aromatic carbocycles. The molecule has 0 radical (unpaired) electrons. The SMILES string of the molecule is CC(=O)Oc1ccc([N+]#N)cc1.O=C([O-])C(F)(F)F. The minimum Gasteiger partial charge on any atom is -0.542 e. The molecule has 0 aliphatic heterocycles. The van der Waals surface area contributed by atoms with Crippen molar-refractivity contribution >= 4 is 17.6 Å². The normalized spacial score (nSPS) is 9.63. The Morgan fingerprint density at radius 1 is 1.26 bits per heavy atom. The van der Waals surface area contributed by atoms with Crippen LogP contribution < -0.4 is 9.84 Å². The van der Waals surface area contributed by atoms with Crippen molar-refractivity contribution in [3.8, 4) is 5.75 Å². The van der Waals surface area contributed by atoms with Gasteiger partial charge in [-0.05, 0) is 12.1 Å². The second kappa shape index (κ2) is 6.95. The van der Waals surface area contributed by atoms with E-state index in [1.165, 1.54) is 19.1 Å². The topological polar surface area (TPSA) is 94.6 Å². The average Bonchev–Trinajstić information content (AvgIpc) is 2.28. The average molecular weight is 276 g/mol. The van der Waals surface area contributed by atoms with Crippen molar-refractivity contribution in [3.63, 3.8) is 0 Å². The number of alkyl halides is 3. The van der Waals surface area contributed by atoms with Crippen LogP contribution in [0.5, 0.6) is 5.75 Å². The maximum Gasteiger partial charge on any atom is 0.430 e. The number of rotatable bonds is 1. The highest BCUT2D eigenvalue weighted by molar-refractivity contribution is 5.70. The molecule has 0 N–H and O–H groups in total. The number of aliphatic carboxylic acids is 1. The fourth-order valence-electron chi connectivity index (χ4n) is 0.747. The van der Waals surface area contributed by atoms with Gasteiger partial charge in [0.05, 0.1) is 0 Å². The van der Waals surface area contributed by atoms with Crippen LogP contribution >= 0.6 is 0 Å². The van der Waals surface area contributed by atoms with Gasteiger partial charge in [0.15, 0.2) is 4.98 Å². The van der Waals surface area contributed by atoms with Crippen LogP contribution in [-0.2, 0) is 9.59 Å². The summed E-state index contributed by atoms with van der Waals surface area (Å²) in [7, 11) is 0. The van der Waals surface area contributed by atoms with Crippen LogP contribution in [-0.4, -0.2) is 18.1 Å². The van der Waals surface area contributed by atoms with Gasteiger partial charge in [-0.3, -0.25) is 4.79 Å². The number of nitrogens with zero attached hydrogens (tertiary/aromatic N) is 2. The number of halogens is 3. The van der Waals surface area contributed by atoms with E-state index in [-0.39, 0.29) is 5.97 Å². The Balaban J connectivity index is 0.000000399. The van der Waals surface area contributed by atoms with E-state index in [0.717, 1.165) is 0 Å². The molecule has 9 heteroatoms. The zero-order valence-corrected chi connectivity index (χ0v) is 9.47. The summed E-state index contributed by atoms with van der Waals surface area (Å²) in [6, 6.07) is 6.18. The first kappa shape index (κ1) is 16.4. The van der Waals surface area contributed by atoms with Crippen LogP contribution in [0, 0.1) is 5.39 Å². The van der Waals surface area contributed by atoms with Crippen LogP contribution in [0.25, 0.3) is 4.98 Å². The van der Waals surface area contributed by atoms with Crippen LogP contribution in [0.4, 0.5) is 18.9 Å². The third-order valence-corrected chi connectivity index (χ3v) is 1.45. The first-order valence-corrected chi connectivity index (χ1v) is 4.58. The highest BCUT2D eigenvalue weighted by Gasteiger charge is 2.28. The van der Waals surface area contributed by atoms with E-state index in [2.05, 4.69) is 4.98 Å². The zero-order chi connectivity index (χ0) is 15.1. The molecule has 0 bridgehead atoms. The molecule has 0 saturated heterocycles. The molecule has 0 aromatic heterocycles. The lowest BCUT2D eigenvalue weighted by molar-refractivity contribution is -0.344. The molecule has 0 unspecified atom stereocenters. The van der Waals surface area contributed by atoms with Crippen molar-refractivity contribution in [3.05, 3.63) is 29.2 Å². The third kappa shape index (κ3) is 7.32.